The Bertz CT molecular complexity index is 3210. The number of hydrogen-bond acceptors (Lipinski definition) is 3. The molecule has 11 rings (SSSR count). The maximum atomic E-state index is 5.18. The average Bonchev–Trinajstić information content (AvgIpc) is 3.66. The molecule has 0 aliphatic carbocycles. The molecule has 9 aromatic carbocycles. The quantitative estimate of drug-likeness (QED) is 0.166. The van der Waals surface area contributed by atoms with E-state index >= 15 is 0 Å². The molecule has 0 amide bonds. The molecule has 0 aliphatic heterocycles. The first-order valence-corrected chi connectivity index (χ1v) is 19.5. The van der Waals surface area contributed by atoms with Crippen LogP contribution in [0.3, 0.4) is 0 Å². The Morgan fingerprint density at radius 1 is 0.327 bits per heavy atom. The van der Waals surface area contributed by atoms with Crippen LogP contribution in [0.1, 0.15) is 0 Å². The van der Waals surface area contributed by atoms with E-state index in [1.807, 2.05) is 17.5 Å². The second kappa shape index (κ2) is 12.9. The van der Waals surface area contributed by atoms with E-state index in [4.69, 9.17) is 9.97 Å². The minimum Gasteiger partial charge on any atom is -0.252 e. The van der Waals surface area contributed by atoms with Crippen LogP contribution in [0, 0.1) is 0 Å². The summed E-state index contributed by atoms with van der Waals surface area (Å²) in [4.78, 5) is 10.1. The van der Waals surface area contributed by atoms with Crippen molar-refractivity contribution in [3.8, 4) is 55.8 Å². The van der Waals surface area contributed by atoms with Gasteiger partial charge in [-0.15, -0.1) is 11.3 Å². The fourth-order valence-corrected chi connectivity index (χ4v) is 9.41. The van der Waals surface area contributed by atoms with Gasteiger partial charge in [-0.2, -0.15) is 0 Å². The Hall–Kier alpha value is -6.94. The maximum Gasteiger partial charge on any atom is 0.0979 e. The van der Waals surface area contributed by atoms with E-state index < -0.39 is 0 Å². The number of fused-ring (bicyclic) bond motifs is 9. The zero-order chi connectivity index (χ0) is 36.3. The van der Waals surface area contributed by atoms with E-state index in [1.54, 1.807) is 0 Å². The van der Waals surface area contributed by atoms with E-state index in [0.29, 0.717) is 0 Å². The minimum atomic E-state index is 0.873. The van der Waals surface area contributed by atoms with Crippen LogP contribution in [-0.4, -0.2) is 9.97 Å². The lowest BCUT2D eigenvalue weighted by Gasteiger charge is -2.11. The van der Waals surface area contributed by atoms with Crippen LogP contribution in [0.4, 0.5) is 0 Å². The Labute approximate surface area is 322 Å². The van der Waals surface area contributed by atoms with Crippen LogP contribution in [0.5, 0.6) is 0 Å². The Balaban J connectivity index is 0.871. The van der Waals surface area contributed by atoms with Gasteiger partial charge in [0.15, 0.2) is 0 Å². The number of rotatable bonds is 5. The van der Waals surface area contributed by atoms with Gasteiger partial charge in [-0.25, -0.2) is 4.98 Å². The molecule has 0 unspecified atom stereocenters. The summed E-state index contributed by atoms with van der Waals surface area (Å²) in [6.45, 7) is 0. The smallest absolute Gasteiger partial charge is 0.0979 e. The second-order valence-corrected chi connectivity index (χ2v) is 15.2. The fraction of sp³-hybridized carbons (Fsp3) is 0. The summed E-state index contributed by atoms with van der Waals surface area (Å²) in [6.07, 6.45) is 1.91. The van der Waals surface area contributed by atoms with Crippen molar-refractivity contribution in [2.24, 2.45) is 0 Å². The number of aromatic nitrogens is 2. The van der Waals surface area contributed by atoms with Gasteiger partial charge in [0.1, 0.15) is 0 Å². The highest BCUT2D eigenvalue weighted by atomic mass is 32.1. The van der Waals surface area contributed by atoms with Crippen LogP contribution in [-0.2, 0) is 0 Å². The molecule has 0 saturated heterocycles. The Kier molecular flexibility index (Phi) is 7.39. The molecule has 256 valence electrons. The molecular weight excluding hydrogens is 685 g/mol. The molecule has 55 heavy (non-hydrogen) atoms. The van der Waals surface area contributed by atoms with Gasteiger partial charge >= 0.3 is 0 Å². The first-order valence-electron chi connectivity index (χ1n) is 18.6. The molecule has 0 fully saturated rings. The topological polar surface area (TPSA) is 25.8 Å². The summed E-state index contributed by atoms with van der Waals surface area (Å²) in [5, 5.41) is 7.32. The maximum absolute atomic E-state index is 5.18. The van der Waals surface area contributed by atoms with Crippen LogP contribution in [0.25, 0.3) is 109 Å². The van der Waals surface area contributed by atoms with Crippen molar-refractivity contribution in [1.82, 2.24) is 9.97 Å². The first-order chi connectivity index (χ1) is 27.2. The van der Waals surface area contributed by atoms with Crippen LogP contribution < -0.4 is 0 Å². The van der Waals surface area contributed by atoms with E-state index in [-0.39, 0.29) is 0 Å². The number of nitrogens with zero attached hydrogens (tertiary/aromatic N) is 2. The van der Waals surface area contributed by atoms with Crippen LogP contribution >= 0.6 is 11.3 Å². The highest BCUT2D eigenvalue weighted by Gasteiger charge is 2.14. The van der Waals surface area contributed by atoms with E-state index in [1.165, 1.54) is 75.5 Å². The van der Waals surface area contributed by atoms with E-state index in [9.17, 15) is 0 Å². The molecule has 0 saturated carbocycles. The van der Waals surface area contributed by atoms with Crippen molar-refractivity contribution in [2.75, 3.05) is 0 Å². The highest BCUT2D eigenvalue weighted by molar-refractivity contribution is 7.26. The Morgan fingerprint density at radius 3 is 1.47 bits per heavy atom. The molecule has 2 aromatic heterocycles. The molecular formula is C52H32N2S. The predicted molar refractivity (Wildman–Crippen MR) is 235 cm³/mol. The molecule has 2 heterocycles. The molecule has 2 nitrogen and oxygen atoms in total. The average molecular weight is 717 g/mol. The summed E-state index contributed by atoms with van der Waals surface area (Å²) < 4.78 is 2.67. The lowest BCUT2D eigenvalue weighted by Crippen LogP contribution is -1.92. The molecule has 0 spiro atoms. The third kappa shape index (κ3) is 5.40. The van der Waals surface area contributed by atoms with Crippen molar-refractivity contribution >= 4 is 64.1 Å². The van der Waals surface area contributed by atoms with Gasteiger partial charge in [-0.05, 0) is 73.5 Å². The van der Waals surface area contributed by atoms with Crippen molar-refractivity contribution < 1.29 is 0 Å². The molecule has 11 aromatic rings. The third-order valence-electron chi connectivity index (χ3n) is 10.9. The Morgan fingerprint density at radius 2 is 0.800 bits per heavy atom. The van der Waals surface area contributed by atoms with Crippen LogP contribution in [0.2, 0.25) is 0 Å². The van der Waals surface area contributed by atoms with Gasteiger partial charge < -0.3 is 0 Å². The van der Waals surface area contributed by atoms with E-state index in [0.717, 1.165) is 33.1 Å². The summed E-state index contributed by atoms with van der Waals surface area (Å²) in [6, 6.07) is 67.8. The van der Waals surface area contributed by atoms with Crippen LogP contribution in [0.15, 0.2) is 194 Å². The first kappa shape index (κ1) is 31.6. The van der Waals surface area contributed by atoms with Gasteiger partial charge in [-0.1, -0.05) is 170 Å². The van der Waals surface area contributed by atoms with Crippen molar-refractivity contribution in [3.63, 3.8) is 0 Å². The second-order valence-electron chi connectivity index (χ2n) is 14.1. The summed E-state index contributed by atoms with van der Waals surface area (Å²) in [5.41, 5.74) is 13.5. The standard InChI is InChI=1S/C52H32N2S/c1-3-17-45-42(14-1)43-15-2-4-18-46(43)51-50(45)53-32-48(54-51)36-28-26-34(27-29-36)33-22-24-35(25-23-33)37-10-7-11-38(30-37)39-12-8-13-40(31-39)41-19-9-20-47-44-16-5-6-21-49(44)55-52(41)47/h1-32H. The van der Waals surface area contributed by atoms with E-state index in [2.05, 4.69) is 188 Å². The van der Waals surface area contributed by atoms with Gasteiger partial charge in [0.2, 0.25) is 0 Å². The van der Waals surface area contributed by atoms with Crippen molar-refractivity contribution in [3.05, 3.63) is 194 Å². The summed E-state index contributed by atoms with van der Waals surface area (Å²) >= 11 is 1.88. The monoisotopic (exact) mass is 716 g/mol. The fourth-order valence-electron chi connectivity index (χ4n) is 8.17. The normalized spacial score (nSPS) is 11.6. The lowest BCUT2D eigenvalue weighted by molar-refractivity contribution is 1.31. The van der Waals surface area contributed by atoms with Crippen molar-refractivity contribution in [2.45, 2.75) is 0 Å². The molecule has 0 radical (unpaired) electrons. The minimum absolute atomic E-state index is 0.873. The third-order valence-corrected chi connectivity index (χ3v) is 12.2. The van der Waals surface area contributed by atoms with Crippen molar-refractivity contribution in [1.29, 1.82) is 0 Å². The molecule has 0 bridgehead atoms. The lowest BCUT2D eigenvalue weighted by atomic mass is 9.95. The largest absolute Gasteiger partial charge is 0.252 e. The molecule has 0 N–H and O–H groups in total. The SMILES string of the molecule is c1cc(-c2ccc(-c3ccc(-c4cnc5c6ccccc6c6ccccc6c5n4)cc3)cc2)cc(-c2cccc(-c3cccc4c3sc3ccccc34)c2)c1. The van der Waals surface area contributed by atoms with Gasteiger partial charge in [0.25, 0.3) is 0 Å². The van der Waals surface area contributed by atoms with Gasteiger partial charge in [-0.3, -0.25) is 4.98 Å². The van der Waals surface area contributed by atoms with Gasteiger partial charge in [0.05, 0.1) is 22.9 Å². The number of thiophene rings is 1. The number of benzene rings is 9. The molecule has 3 heteroatoms. The zero-order valence-corrected chi connectivity index (χ0v) is 30.6. The number of hydrogen-bond donors (Lipinski definition) is 0. The predicted octanol–water partition coefficient (Wildman–Crippen LogP) is 14.6. The molecule has 0 aliphatic rings. The van der Waals surface area contributed by atoms with Gasteiger partial charge in [0, 0.05) is 36.5 Å². The summed E-state index contributed by atoms with van der Waals surface area (Å²) in [5.74, 6) is 0. The zero-order valence-electron chi connectivity index (χ0n) is 29.8. The highest BCUT2D eigenvalue weighted by Crippen LogP contribution is 2.41. The summed E-state index contributed by atoms with van der Waals surface area (Å²) in [7, 11) is 0. The molecule has 0 atom stereocenters.